The van der Waals surface area contributed by atoms with Crippen molar-refractivity contribution in [3.05, 3.63) is 0 Å². The molecule has 0 aliphatic rings. The highest BCUT2D eigenvalue weighted by atomic mass is 32.3. The van der Waals surface area contributed by atoms with Gasteiger partial charge in [-0.05, 0) is 12.8 Å². The smallest absolute Gasteiger partial charge is 0.264 e. The first-order valence-corrected chi connectivity index (χ1v) is 17.1. The van der Waals surface area contributed by atoms with Gasteiger partial charge in [0.05, 0.1) is 13.2 Å². The lowest BCUT2D eigenvalue weighted by atomic mass is 10.1. The maximum atomic E-state index is 11.7. The van der Waals surface area contributed by atoms with Crippen LogP contribution in [0.4, 0.5) is 0 Å². The largest absolute Gasteiger partial charge is 0.399 e. The topological polar surface area (TPSA) is 127 Å². The summed E-state index contributed by atoms with van der Waals surface area (Å²) in [7, 11) is -8.47. The summed E-state index contributed by atoms with van der Waals surface area (Å²) in [4.78, 5) is 0. The molecule has 2 N–H and O–H groups in total. The number of unbranched alkanes of at least 4 members (excludes halogenated alkanes) is 20. The van der Waals surface area contributed by atoms with Gasteiger partial charge in [-0.3, -0.25) is 9.11 Å². The highest BCUT2D eigenvalue weighted by molar-refractivity contribution is 7.81. The third kappa shape index (κ3) is 40.9. The molecule has 0 aliphatic carbocycles. The van der Waals surface area contributed by atoms with E-state index < -0.39 is 20.8 Å². The van der Waals surface area contributed by atoms with Gasteiger partial charge in [0.1, 0.15) is 0 Å². The first-order valence-electron chi connectivity index (χ1n) is 14.4. The Hall–Kier alpha value is -0.260. The zero-order chi connectivity index (χ0) is 27.4. The minimum absolute atomic E-state index is 0.247. The molecule has 0 aromatic heterocycles. The molecule has 36 heavy (non-hydrogen) atoms. The third-order valence-electron chi connectivity index (χ3n) is 5.95. The maximum Gasteiger partial charge on any atom is 0.399 e. The summed E-state index contributed by atoms with van der Waals surface area (Å²) in [5.74, 6) is 0. The quantitative estimate of drug-likeness (QED) is 0.0799. The standard InChI is InChI=1S/C26H54O4S.H2O4S/c1-3-5-7-9-11-13-15-16-18-20-22-24-26-30-31(27,28)29-25-23-21-19-17-14-12-10-8-6-4-2;1-5(2,3)4/h3-26H2,1-2H3;(H2,1,2,3,4). The fourth-order valence-corrected chi connectivity index (χ4v) is 4.60. The van der Waals surface area contributed by atoms with Gasteiger partial charge >= 0.3 is 20.8 Å². The molecule has 10 heteroatoms. The Labute approximate surface area is 223 Å². The van der Waals surface area contributed by atoms with Crippen LogP contribution in [-0.4, -0.2) is 39.2 Å². The van der Waals surface area contributed by atoms with Crippen LogP contribution < -0.4 is 0 Å². The van der Waals surface area contributed by atoms with Crippen LogP contribution in [0, 0.1) is 0 Å². The van der Waals surface area contributed by atoms with Crippen molar-refractivity contribution in [1.29, 1.82) is 0 Å². The summed E-state index contributed by atoms with van der Waals surface area (Å²) < 4.78 is 65.0. The molecule has 0 saturated carbocycles. The molecule has 0 radical (unpaired) electrons. The predicted molar refractivity (Wildman–Crippen MR) is 148 cm³/mol. The minimum atomic E-state index is -4.67. The molecular formula is C26H56O8S2. The Morgan fingerprint density at radius 3 is 0.833 bits per heavy atom. The van der Waals surface area contributed by atoms with Crippen molar-refractivity contribution in [3.8, 4) is 0 Å². The van der Waals surface area contributed by atoms with E-state index in [4.69, 9.17) is 25.9 Å². The van der Waals surface area contributed by atoms with Crippen LogP contribution in [-0.2, 0) is 29.2 Å². The molecule has 8 nitrogen and oxygen atoms in total. The van der Waals surface area contributed by atoms with Gasteiger partial charge in [0, 0.05) is 0 Å². The van der Waals surface area contributed by atoms with E-state index in [9.17, 15) is 8.42 Å². The predicted octanol–water partition coefficient (Wildman–Crippen LogP) is 8.23. The summed E-state index contributed by atoms with van der Waals surface area (Å²) in [5, 5.41) is 0. The van der Waals surface area contributed by atoms with Crippen molar-refractivity contribution in [2.24, 2.45) is 0 Å². The SMILES string of the molecule is CCCCCCCCCCCCCCOS(=O)(=O)OCCCCCCCCCCCC.O=S(=O)(O)O. The van der Waals surface area contributed by atoms with Crippen molar-refractivity contribution >= 4 is 20.8 Å². The van der Waals surface area contributed by atoms with Gasteiger partial charge in [0.2, 0.25) is 0 Å². The highest BCUT2D eigenvalue weighted by Gasteiger charge is 2.11. The number of hydrogen-bond donors (Lipinski definition) is 2. The molecule has 0 unspecified atom stereocenters. The average molecular weight is 561 g/mol. The lowest BCUT2D eigenvalue weighted by Gasteiger charge is -2.06. The van der Waals surface area contributed by atoms with Crippen molar-refractivity contribution in [2.45, 2.75) is 155 Å². The van der Waals surface area contributed by atoms with Crippen molar-refractivity contribution in [2.75, 3.05) is 13.2 Å². The van der Waals surface area contributed by atoms with E-state index in [2.05, 4.69) is 13.8 Å². The first kappa shape index (κ1) is 37.9. The molecule has 0 heterocycles. The fourth-order valence-electron chi connectivity index (χ4n) is 3.89. The molecule has 220 valence electrons. The van der Waals surface area contributed by atoms with Crippen LogP contribution in [0.15, 0.2) is 0 Å². The van der Waals surface area contributed by atoms with Gasteiger partial charge in [-0.25, -0.2) is 8.37 Å². The maximum absolute atomic E-state index is 11.7. The molecule has 0 aromatic rings. The first-order chi connectivity index (χ1) is 17.1. The molecule has 0 spiro atoms. The summed E-state index contributed by atoms with van der Waals surface area (Å²) in [6, 6.07) is 0. The third-order valence-corrected chi connectivity index (χ3v) is 6.86. The Balaban J connectivity index is 0. The zero-order valence-electron chi connectivity index (χ0n) is 23.1. The van der Waals surface area contributed by atoms with Crippen LogP contribution in [0.25, 0.3) is 0 Å². The Morgan fingerprint density at radius 1 is 0.417 bits per heavy atom. The molecule has 0 aliphatic heterocycles. The van der Waals surface area contributed by atoms with E-state index in [-0.39, 0.29) is 13.2 Å². The Kier molecular flexibility index (Phi) is 29.2. The van der Waals surface area contributed by atoms with Crippen LogP contribution in [0.2, 0.25) is 0 Å². The van der Waals surface area contributed by atoms with Crippen molar-refractivity contribution < 1.29 is 34.3 Å². The van der Waals surface area contributed by atoms with Crippen LogP contribution in [0.1, 0.15) is 155 Å². The summed E-state index contributed by atoms with van der Waals surface area (Å²) >= 11 is 0. The molecular weight excluding hydrogens is 504 g/mol. The molecule has 0 atom stereocenters. The minimum Gasteiger partial charge on any atom is -0.264 e. The van der Waals surface area contributed by atoms with Gasteiger partial charge in [-0.2, -0.15) is 16.8 Å². The van der Waals surface area contributed by atoms with Crippen LogP contribution in [0.3, 0.4) is 0 Å². The molecule has 0 amide bonds. The van der Waals surface area contributed by atoms with Gasteiger partial charge in [-0.1, -0.05) is 142 Å². The van der Waals surface area contributed by atoms with E-state index in [0.717, 1.165) is 32.1 Å². The fraction of sp³-hybridized carbons (Fsp3) is 1.00. The average Bonchev–Trinajstić information content (AvgIpc) is 2.79. The summed E-state index contributed by atoms with van der Waals surface area (Å²) in [6.07, 6.45) is 27.3. The van der Waals surface area contributed by atoms with Crippen LogP contribution in [0.5, 0.6) is 0 Å². The van der Waals surface area contributed by atoms with E-state index in [0.29, 0.717) is 0 Å². The van der Waals surface area contributed by atoms with Gasteiger partial charge < -0.3 is 0 Å². The van der Waals surface area contributed by atoms with Crippen molar-refractivity contribution in [3.63, 3.8) is 0 Å². The second-order valence-corrected chi connectivity index (χ2v) is 11.8. The molecule has 0 bridgehead atoms. The van der Waals surface area contributed by atoms with E-state index in [1.54, 1.807) is 0 Å². The molecule has 0 saturated heterocycles. The van der Waals surface area contributed by atoms with E-state index in [1.807, 2.05) is 0 Å². The number of hydrogen-bond acceptors (Lipinski definition) is 6. The lowest BCUT2D eigenvalue weighted by Crippen LogP contribution is -2.12. The monoisotopic (exact) mass is 560 g/mol. The van der Waals surface area contributed by atoms with Gasteiger partial charge in [0.25, 0.3) is 0 Å². The lowest BCUT2D eigenvalue weighted by molar-refractivity contribution is 0.208. The Bertz CT molecular complexity index is 628. The summed E-state index contributed by atoms with van der Waals surface area (Å²) in [5.41, 5.74) is 0. The van der Waals surface area contributed by atoms with Gasteiger partial charge in [-0.15, -0.1) is 0 Å². The molecule has 0 fully saturated rings. The molecule has 0 aromatic carbocycles. The normalized spacial score (nSPS) is 11.9. The van der Waals surface area contributed by atoms with Crippen LogP contribution >= 0.6 is 0 Å². The second-order valence-electron chi connectivity index (χ2n) is 9.57. The molecule has 0 rings (SSSR count). The zero-order valence-corrected chi connectivity index (χ0v) is 24.8. The summed E-state index contributed by atoms with van der Waals surface area (Å²) in [6.45, 7) is 4.99. The van der Waals surface area contributed by atoms with E-state index in [1.165, 1.54) is 109 Å². The number of rotatable bonds is 26. The highest BCUT2D eigenvalue weighted by Crippen LogP contribution is 2.13. The Morgan fingerprint density at radius 2 is 0.611 bits per heavy atom. The second kappa shape index (κ2) is 27.8. The van der Waals surface area contributed by atoms with E-state index >= 15 is 0 Å². The van der Waals surface area contributed by atoms with Crippen molar-refractivity contribution in [1.82, 2.24) is 0 Å². The van der Waals surface area contributed by atoms with Gasteiger partial charge in [0.15, 0.2) is 0 Å².